The van der Waals surface area contributed by atoms with Crippen molar-refractivity contribution in [3.63, 3.8) is 0 Å². The topological polar surface area (TPSA) is 68.6 Å². The molecule has 1 amide bonds. The first-order valence-corrected chi connectivity index (χ1v) is 10.1. The maximum atomic E-state index is 13.5. The lowest BCUT2D eigenvalue weighted by molar-refractivity contribution is 0.0587. The fourth-order valence-electron chi connectivity index (χ4n) is 3.71. The monoisotopic (exact) mass is 430 g/mol. The van der Waals surface area contributed by atoms with Gasteiger partial charge in [0.25, 0.3) is 5.91 Å². The third kappa shape index (κ3) is 4.19. The predicted octanol–water partition coefficient (Wildman–Crippen LogP) is 4.46. The summed E-state index contributed by atoms with van der Waals surface area (Å²) >= 11 is 6.20. The van der Waals surface area contributed by atoms with Crippen LogP contribution >= 0.6 is 11.6 Å². The second-order valence-corrected chi connectivity index (χ2v) is 7.34. The highest BCUT2D eigenvalue weighted by molar-refractivity contribution is 6.33. The summed E-state index contributed by atoms with van der Waals surface area (Å²) in [7, 11) is 1.31. The van der Waals surface area contributed by atoms with Gasteiger partial charge < -0.3 is 14.2 Å². The zero-order valence-electron chi connectivity index (χ0n) is 18.0. The molecule has 30 heavy (non-hydrogen) atoms. The maximum absolute atomic E-state index is 13.5. The molecule has 160 valence electrons. The Morgan fingerprint density at radius 2 is 1.90 bits per heavy atom. The smallest absolute Gasteiger partial charge is 0.354 e. The molecule has 0 aliphatic rings. The quantitative estimate of drug-likeness (QED) is 0.352. The van der Waals surface area contributed by atoms with E-state index in [1.807, 2.05) is 6.92 Å². The number of hydrogen-bond donors (Lipinski definition) is 0. The van der Waals surface area contributed by atoms with Crippen LogP contribution in [0.3, 0.4) is 0 Å². The molecule has 1 aromatic carbocycles. The van der Waals surface area contributed by atoms with Gasteiger partial charge in [0.2, 0.25) is 0 Å². The number of halogens is 1. The van der Waals surface area contributed by atoms with E-state index in [-0.39, 0.29) is 18.2 Å². The molecule has 0 saturated carbocycles. The van der Waals surface area contributed by atoms with Crippen LogP contribution in [0.15, 0.2) is 36.9 Å². The number of esters is 1. The Balaban J connectivity index is 2.52. The minimum Gasteiger partial charge on any atom is -0.464 e. The molecule has 1 aromatic heterocycles. The standard InChI is InChI=1S/C23H27ClN2O4/c1-7-13-26(22(28)17-11-9-10-12-18(17)24)16(5)21(27)19-14(3)20(23(29)30-6)25(8-2)15(19)4/h7,9-12,16H,1,8,13H2,2-6H3. The number of Topliss-reactive ketones (excluding diaryl/α,β-unsaturated/α-hetero) is 1. The molecule has 6 nitrogen and oxygen atoms in total. The van der Waals surface area contributed by atoms with E-state index in [0.717, 1.165) is 0 Å². The fraction of sp³-hybridized carbons (Fsp3) is 0.348. The van der Waals surface area contributed by atoms with Crippen LogP contribution in [0, 0.1) is 13.8 Å². The van der Waals surface area contributed by atoms with Gasteiger partial charge in [0.1, 0.15) is 5.69 Å². The number of nitrogens with zero attached hydrogens (tertiary/aromatic N) is 2. The lowest BCUT2D eigenvalue weighted by atomic mass is 9.99. The highest BCUT2D eigenvalue weighted by atomic mass is 35.5. The van der Waals surface area contributed by atoms with Crippen molar-refractivity contribution in [2.24, 2.45) is 0 Å². The summed E-state index contributed by atoms with van der Waals surface area (Å²) < 4.78 is 6.66. The van der Waals surface area contributed by atoms with Crippen LogP contribution in [-0.2, 0) is 11.3 Å². The zero-order valence-corrected chi connectivity index (χ0v) is 18.7. The van der Waals surface area contributed by atoms with Crippen molar-refractivity contribution < 1.29 is 19.1 Å². The van der Waals surface area contributed by atoms with Gasteiger partial charge in [0.05, 0.1) is 23.7 Å². The van der Waals surface area contributed by atoms with Gasteiger partial charge >= 0.3 is 5.97 Å². The third-order valence-electron chi connectivity index (χ3n) is 5.25. The molecule has 1 unspecified atom stereocenters. The fourth-order valence-corrected chi connectivity index (χ4v) is 3.93. The first-order valence-electron chi connectivity index (χ1n) is 9.69. The molecule has 2 aromatic rings. The van der Waals surface area contributed by atoms with Gasteiger partial charge in [-0.1, -0.05) is 29.8 Å². The van der Waals surface area contributed by atoms with Gasteiger partial charge in [-0.3, -0.25) is 9.59 Å². The minimum absolute atomic E-state index is 0.174. The van der Waals surface area contributed by atoms with Crippen molar-refractivity contribution in [3.05, 3.63) is 70.0 Å². The number of carbonyl (C=O) groups is 3. The predicted molar refractivity (Wildman–Crippen MR) is 117 cm³/mol. The van der Waals surface area contributed by atoms with Gasteiger partial charge in [0.15, 0.2) is 5.78 Å². The minimum atomic E-state index is -0.789. The van der Waals surface area contributed by atoms with Crippen LogP contribution in [0.1, 0.15) is 56.3 Å². The highest BCUT2D eigenvalue weighted by Crippen LogP contribution is 2.26. The van der Waals surface area contributed by atoms with Gasteiger partial charge in [0, 0.05) is 24.3 Å². The number of amides is 1. The van der Waals surface area contributed by atoms with Crippen LogP contribution < -0.4 is 0 Å². The van der Waals surface area contributed by atoms with Crippen LogP contribution in [-0.4, -0.2) is 46.8 Å². The van der Waals surface area contributed by atoms with Crippen molar-refractivity contribution in [3.8, 4) is 0 Å². The van der Waals surface area contributed by atoms with E-state index in [1.165, 1.54) is 12.0 Å². The molecule has 2 rings (SSSR count). The Bertz CT molecular complexity index is 993. The summed E-state index contributed by atoms with van der Waals surface area (Å²) in [4.78, 5) is 40.4. The van der Waals surface area contributed by atoms with Crippen LogP contribution in [0.4, 0.5) is 0 Å². The molecule has 0 spiro atoms. The average molecular weight is 431 g/mol. The number of aromatic nitrogens is 1. The summed E-state index contributed by atoms with van der Waals surface area (Å²) in [5, 5.41) is 0.314. The van der Waals surface area contributed by atoms with Crippen molar-refractivity contribution in [1.82, 2.24) is 9.47 Å². The van der Waals surface area contributed by atoms with Crippen molar-refractivity contribution in [2.45, 2.75) is 40.3 Å². The Labute approximate surface area is 182 Å². The van der Waals surface area contributed by atoms with Gasteiger partial charge in [-0.05, 0) is 45.4 Å². The van der Waals surface area contributed by atoms with Gasteiger partial charge in [-0.25, -0.2) is 4.79 Å². The van der Waals surface area contributed by atoms with E-state index >= 15 is 0 Å². The number of methoxy groups -OCH3 is 1. The van der Waals surface area contributed by atoms with Gasteiger partial charge in [-0.2, -0.15) is 0 Å². The molecule has 0 radical (unpaired) electrons. The van der Waals surface area contributed by atoms with Gasteiger partial charge in [-0.15, -0.1) is 6.58 Å². The molecule has 0 fully saturated rings. The van der Waals surface area contributed by atoms with E-state index in [0.29, 0.717) is 39.6 Å². The summed E-state index contributed by atoms with van der Waals surface area (Å²) in [5.74, 6) is -1.12. The number of carbonyl (C=O) groups excluding carboxylic acids is 3. The Kier molecular flexibility index (Phi) is 7.62. The van der Waals surface area contributed by atoms with E-state index in [2.05, 4.69) is 6.58 Å². The van der Waals surface area contributed by atoms with Crippen LogP contribution in [0.2, 0.25) is 5.02 Å². The van der Waals surface area contributed by atoms with Crippen LogP contribution in [0.5, 0.6) is 0 Å². The highest BCUT2D eigenvalue weighted by Gasteiger charge is 2.33. The molecule has 0 saturated heterocycles. The molecular formula is C23H27ClN2O4. The number of ether oxygens (including phenoxy) is 1. The number of hydrogen-bond acceptors (Lipinski definition) is 4. The summed E-state index contributed by atoms with van der Waals surface area (Å²) in [6.45, 7) is 11.5. The zero-order chi connectivity index (χ0) is 22.6. The molecule has 0 bridgehead atoms. The SMILES string of the molecule is C=CCN(C(=O)c1ccccc1Cl)C(C)C(=O)c1c(C)c(C(=O)OC)n(CC)c1C. The lowest BCUT2D eigenvalue weighted by Crippen LogP contribution is -2.43. The Morgan fingerprint density at radius 3 is 2.43 bits per heavy atom. The van der Waals surface area contributed by atoms with Crippen molar-refractivity contribution >= 4 is 29.3 Å². The largest absolute Gasteiger partial charge is 0.464 e. The molecule has 7 heteroatoms. The number of ketones is 1. The first-order chi connectivity index (χ1) is 14.2. The first kappa shape index (κ1) is 23.4. The molecular weight excluding hydrogens is 404 g/mol. The van der Waals surface area contributed by atoms with E-state index < -0.39 is 12.0 Å². The Morgan fingerprint density at radius 1 is 1.27 bits per heavy atom. The maximum Gasteiger partial charge on any atom is 0.354 e. The Hall–Kier alpha value is -2.86. The van der Waals surface area contributed by atoms with E-state index in [9.17, 15) is 14.4 Å². The van der Waals surface area contributed by atoms with E-state index in [4.69, 9.17) is 16.3 Å². The molecule has 0 aliphatic carbocycles. The van der Waals surface area contributed by atoms with Crippen molar-refractivity contribution in [1.29, 1.82) is 0 Å². The molecule has 1 heterocycles. The van der Waals surface area contributed by atoms with Crippen molar-refractivity contribution in [2.75, 3.05) is 13.7 Å². The van der Waals surface area contributed by atoms with E-state index in [1.54, 1.807) is 55.7 Å². The third-order valence-corrected chi connectivity index (χ3v) is 5.58. The second kappa shape index (κ2) is 9.76. The summed E-state index contributed by atoms with van der Waals surface area (Å²) in [6.07, 6.45) is 1.56. The normalized spacial score (nSPS) is 11.7. The molecule has 0 N–H and O–H groups in total. The molecule has 1 atom stereocenters. The van der Waals surface area contributed by atoms with Crippen LogP contribution in [0.25, 0.3) is 0 Å². The number of rotatable bonds is 8. The molecule has 0 aliphatic heterocycles. The summed E-state index contributed by atoms with van der Waals surface area (Å²) in [6, 6.07) is 5.92. The number of benzene rings is 1. The second-order valence-electron chi connectivity index (χ2n) is 6.94. The summed E-state index contributed by atoms with van der Waals surface area (Å²) in [5.41, 5.74) is 2.29. The lowest BCUT2D eigenvalue weighted by Gasteiger charge is -2.28. The average Bonchev–Trinajstić information content (AvgIpc) is 2.99.